The van der Waals surface area contributed by atoms with E-state index in [-0.39, 0.29) is 12.1 Å². The SMILES string of the molecule is CC(C)c1ccc(N2C(=O)c3ccccc3NC2c2ccc(Cl)c(Cl)c2)cc1. The first kappa shape index (κ1) is 18.9. The molecule has 0 aromatic heterocycles. The van der Waals surface area contributed by atoms with E-state index in [9.17, 15) is 4.79 Å². The van der Waals surface area contributed by atoms with Crippen LogP contribution < -0.4 is 10.2 Å². The molecule has 0 saturated heterocycles. The number of nitrogens with zero attached hydrogens (tertiary/aromatic N) is 1. The van der Waals surface area contributed by atoms with Crippen molar-refractivity contribution in [1.82, 2.24) is 0 Å². The lowest BCUT2D eigenvalue weighted by Gasteiger charge is -2.38. The lowest BCUT2D eigenvalue weighted by Crippen LogP contribution is -2.43. The maximum Gasteiger partial charge on any atom is 0.262 e. The number of halogens is 2. The number of nitrogens with one attached hydrogen (secondary N) is 1. The van der Waals surface area contributed by atoms with Gasteiger partial charge in [0.15, 0.2) is 0 Å². The third kappa shape index (κ3) is 3.36. The number of carbonyl (C=O) groups excluding carboxylic acids is 1. The zero-order valence-electron chi connectivity index (χ0n) is 15.6. The van der Waals surface area contributed by atoms with Crippen LogP contribution in [0.25, 0.3) is 0 Å². The summed E-state index contributed by atoms with van der Waals surface area (Å²) < 4.78 is 0. The zero-order valence-corrected chi connectivity index (χ0v) is 17.1. The smallest absolute Gasteiger partial charge is 0.262 e. The highest BCUT2D eigenvalue weighted by atomic mass is 35.5. The molecule has 1 heterocycles. The van der Waals surface area contributed by atoms with Crippen LogP contribution in [0.5, 0.6) is 0 Å². The minimum atomic E-state index is -0.387. The molecule has 0 saturated carbocycles. The Balaban J connectivity index is 1.83. The van der Waals surface area contributed by atoms with Crippen molar-refractivity contribution in [2.24, 2.45) is 0 Å². The van der Waals surface area contributed by atoms with E-state index in [1.165, 1.54) is 5.56 Å². The third-order valence-electron chi connectivity index (χ3n) is 5.02. The van der Waals surface area contributed by atoms with Crippen molar-refractivity contribution in [2.75, 3.05) is 10.2 Å². The van der Waals surface area contributed by atoms with Crippen molar-refractivity contribution in [3.8, 4) is 0 Å². The fourth-order valence-corrected chi connectivity index (χ4v) is 3.76. The molecular weight excluding hydrogens is 391 g/mol. The highest BCUT2D eigenvalue weighted by Crippen LogP contribution is 2.38. The van der Waals surface area contributed by atoms with E-state index in [4.69, 9.17) is 23.2 Å². The van der Waals surface area contributed by atoms with Crippen LogP contribution >= 0.6 is 23.2 Å². The third-order valence-corrected chi connectivity index (χ3v) is 5.76. The van der Waals surface area contributed by atoms with Gasteiger partial charge in [-0.05, 0) is 53.4 Å². The quantitative estimate of drug-likeness (QED) is 0.509. The Bertz CT molecular complexity index is 1030. The van der Waals surface area contributed by atoms with E-state index in [1.54, 1.807) is 17.0 Å². The minimum Gasteiger partial charge on any atom is -0.360 e. The monoisotopic (exact) mass is 410 g/mol. The Morgan fingerprint density at radius 2 is 1.64 bits per heavy atom. The normalized spacial score (nSPS) is 16.1. The molecule has 4 rings (SSSR count). The van der Waals surface area contributed by atoms with E-state index >= 15 is 0 Å². The minimum absolute atomic E-state index is 0.0530. The van der Waals surface area contributed by atoms with Crippen LogP contribution in [0.4, 0.5) is 11.4 Å². The predicted molar refractivity (Wildman–Crippen MR) is 117 cm³/mol. The molecule has 1 amide bonds. The van der Waals surface area contributed by atoms with Crippen molar-refractivity contribution in [2.45, 2.75) is 25.9 Å². The Kier molecular flexibility index (Phi) is 5.05. The summed E-state index contributed by atoms with van der Waals surface area (Å²) in [5.74, 6) is 0.374. The second-order valence-electron chi connectivity index (χ2n) is 7.19. The number of benzene rings is 3. The average Bonchev–Trinajstić information content (AvgIpc) is 2.70. The first-order chi connectivity index (χ1) is 13.5. The van der Waals surface area contributed by atoms with Gasteiger partial charge in [-0.3, -0.25) is 9.69 Å². The van der Waals surface area contributed by atoms with E-state index in [0.717, 1.165) is 16.9 Å². The molecule has 0 fully saturated rings. The van der Waals surface area contributed by atoms with E-state index < -0.39 is 0 Å². The summed E-state index contributed by atoms with van der Waals surface area (Å²) in [5.41, 5.74) is 4.37. The molecule has 0 radical (unpaired) electrons. The van der Waals surface area contributed by atoms with Crippen molar-refractivity contribution >= 4 is 40.5 Å². The van der Waals surface area contributed by atoms with Crippen LogP contribution in [-0.4, -0.2) is 5.91 Å². The Labute approximate surface area is 174 Å². The Morgan fingerprint density at radius 1 is 0.929 bits per heavy atom. The average molecular weight is 411 g/mol. The molecule has 1 atom stereocenters. The molecule has 28 heavy (non-hydrogen) atoms. The van der Waals surface area contributed by atoms with E-state index in [1.807, 2.05) is 42.5 Å². The van der Waals surface area contributed by atoms with Gasteiger partial charge in [-0.2, -0.15) is 0 Å². The van der Waals surface area contributed by atoms with Crippen LogP contribution in [0.3, 0.4) is 0 Å². The maximum atomic E-state index is 13.4. The molecule has 0 spiro atoms. The molecule has 1 N–H and O–H groups in total. The van der Waals surface area contributed by atoms with Crippen molar-refractivity contribution < 1.29 is 4.79 Å². The van der Waals surface area contributed by atoms with Crippen LogP contribution in [0.15, 0.2) is 66.7 Å². The lowest BCUT2D eigenvalue weighted by atomic mass is 10.00. The number of carbonyl (C=O) groups is 1. The molecule has 1 aliphatic rings. The summed E-state index contributed by atoms with van der Waals surface area (Å²) in [7, 11) is 0. The summed E-state index contributed by atoms with van der Waals surface area (Å²) in [4.78, 5) is 15.2. The predicted octanol–water partition coefficient (Wildman–Crippen LogP) is 6.89. The van der Waals surface area contributed by atoms with Crippen LogP contribution in [-0.2, 0) is 0 Å². The highest BCUT2D eigenvalue weighted by molar-refractivity contribution is 6.42. The van der Waals surface area contributed by atoms with Gasteiger partial charge in [0.2, 0.25) is 0 Å². The first-order valence-corrected chi connectivity index (χ1v) is 9.95. The van der Waals surface area contributed by atoms with Crippen molar-refractivity contribution in [1.29, 1.82) is 0 Å². The first-order valence-electron chi connectivity index (χ1n) is 9.19. The number of para-hydroxylation sites is 1. The maximum absolute atomic E-state index is 13.4. The van der Waals surface area contributed by atoms with Gasteiger partial charge in [0.25, 0.3) is 5.91 Å². The number of anilines is 2. The number of hydrogen-bond donors (Lipinski definition) is 1. The topological polar surface area (TPSA) is 32.3 Å². The molecular formula is C23H20Cl2N2O. The number of amides is 1. The van der Waals surface area contributed by atoms with E-state index in [2.05, 4.69) is 31.3 Å². The fraction of sp³-hybridized carbons (Fsp3) is 0.174. The molecule has 3 aromatic rings. The largest absolute Gasteiger partial charge is 0.360 e. The molecule has 142 valence electrons. The van der Waals surface area contributed by atoms with Gasteiger partial charge in [-0.1, -0.05) is 67.4 Å². The summed E-state index contributed by atoms with van der Waals surface area (Å²) in [6.45, 7) is 4.30. The fourth-order valence-electron chi connectivity index (χ4n) is 3.46. The lowest BCUT2D eigenvalue weighted by molar-refractivity contribution is 0.0975. The summed E-state index contributed by atoms with van der Waals surface area (Å²) >= 11 is 12.4. The summed E-state index contributed by atoms with van der Waals surface area (Å²) in [6, 6.07) is 21.1. The van der Waals surface area contributed by atoms with E-state index in [0.29, 0.717) is 21.5 Å². The van der Waals surface area contributed by atoms with Gasteiger partial charge >= 0.3 is 0 Å². The second-order valence-corrected chi connectivity index (χ2v) is 8.00. The van der Waals surface area contributed by atoms with Crippen LogP contribution in [0.2, 0.25) is 10.0 Å². The van der Waals surface area contributed by atoms with Crippen molar-refractivity contribution in [3.63, 3.8) is 0 Å². The van der Waals surface area contributed by atoms with Crippen LogP contribution in [0, 0.1) is 0 Å². The van der Waals surface area contributed by atoms with Gasteiger partial charge in [-0.15, -0.1) is 0 Å². The van der Waals surface area contributed by atoms with Crippen molar-refractivity contribution in [3.05, 3.63) is 93.5 Å². The Hall–Kier alpha value is -2.49. The summed E-state index contributed by atoms with van der Waals surface area (Å²) in [6.07, 6.45) is -0.387. The molecule has 1 aliphatic heterocycles. The molecule has 0 bridgehead atoms. The van der Waals surface area contributed by atoms with Gasteiger partial charge in [0.05, 0.1) is 15.6 Å². The molecule has 0 aliphatic carbocycles. The van der Waals surface area contributed by atoms with Gasteiger partial charge in [-0.25, -0.2) is 0 Å². The number of rotatable bonds is 3. The standard InChI is InChI=1S/C23H20Cl2N2O/c1-14(2)15-7-10-17(11-8-15)27-22(16-9-12-19(24)20(25)13-16)26-21-6-4-3-5-18(21)23(27)28/h3-14,22,26H,1-2H3. The number of fused-ring (bicyclic) bond motifs is 1. The van der Waals surface area contributed by atoms with Gasteiger partial charge in [0, 0.05) is 11.4 Å². The Morgan fingerprint density at radius 3 is 2.32 bits per heavy atom. The zero-order chi connectivity index (χ0) is 19.8. The molecule has 3 aromatic carbocycles. The van der Waals surface area contributed by atoms with Gasteiger partial charge < -0.3 is 5.32 Å². The summed E-state index contributed by atoms with van der Waals surface area (Å²) in [5, 5.41) is 4.43. The highest BCUT2D eigenvalue weighted by Gasteiger charge is 2.34. The second kappa shape index (κ2) is 7.50. The van der Waals surface area contributed by atoms with Crippen LogP contribution in [0.1, 0.15) is 47.4 Å². The molecule has 3 nitrogen and oxygen atoms in total. The molecule has 5 heteroatoms. The number of hydrogen-bond acceptors (Lipinski definition) is 2. The van der Waals surface area contributed by atoms with Gasteiger partial charge in [0.1, 0.15) is 6.17 Å². The molecule has 1 unspecified atom stereocenters.